The van der Waals surface area contributed by atoms with Crippen LogP contribution in [0.4, 0.5) is 0 Å². The summed E-state index contributed by atoms with van der Waals surface area (Å²) >= 11 is 0. The monoisotopic (exact) mass is 389 g/mol. The summed E-state index contributed by atoms with van der Waals surface area (Å²) in [5, 5.41) is 13.4. The van der Waals surface area contributed by atoms with E-state index in [1.807, 2.05) is 54.6 Å². The average molecular weight is 389 g/mol. The van der Waals surface area contributed by atoms with Gasteiger partial charge in [0, 0.05) is 19.7 Å². The molecule has 0 aliphatic rings. The highest BCUT2D eigenvalue weighted by molar-refractivity contribution is 5.31. The topological polar surface area (TPSA) is 69.2 Å². The van der Waals surface area contributed by atoms with Crippen LogP contribution in [0.15, 0.2) is 54.6 Å². The van der Waals surface area contributed by atoms with Crippen LogP contribution in [0.3, 0.4) is 0 Å². The lowest BCUT2D eigenvalue weighted by Crippen LogP contribution is -2.37. The first kappa shape index (κ1) is 22.0. The summed E-state index contributed by atoms with van der Waals surface area (Å²) in [6.07, 6.45) is 0.266. The molecule has 0 bridgehead atoms. The number of rotatable bonds is 14. The van der Waals surface area contributed by atoms with Gasteiger partial charge in [0.2, 0.25) is 0 Å². The van der Waals surface area contributed by atoms with E-state index in [0.717, 1.165) is 17.9 Å². The van der Waals surface area contributed by atoms with Crippen molar-refractivity contribution in [2.24, 2.45) is 0 Å². The fourth-order valence-electron chi connectivity index (χ4n) is 2.44. The van der Waals surface area contributed by atoms with Gasteiger partial charge in [0.15, 0.2) is 0 Å². The van der Waals surface area contributed by atoms with E-state index in [1.54, 1.807) is 7.11 Å². The van der Waals surface area contributed by atoms with Gasteiger partial charge in [0.05, 0.1) is 13.2 Å². The molecule has 2 N–H and O–H groups in total. The second-order valence-corrected chi connectivity index (χ2v) is 6.54. The Morgan fingerprint density at radius 3 is 2.11 bits per heavy atom. The van der Waals surface area contributed by atoms with Gasteiger partial charge in [-0.25, -0.2) is 0 Å². The molecule has 6 nitrogen and oxygen atoms in total. The van der Waals surface area contributed by atoms with Crippen LogP contribution in [-0.4, -0.2) is 57.3 Å². The van der Waals surface area contributed by atoms with Gasteiger partial charge in [-0.05, 0) is 49.7 Å². The lowest BCUT2D eigenvalue weighted by molar-refractivity contribution is 0.103. The predicted molar refractivity (Wildman–Crippen MR) is 109 cm³/mol. The minimum atomic E-state index is -0.588. The molecular weight excluding hydrogens is 358 g/mol. The second-order valence-electron chi connectivity index (χ2n) is 6.54. The van der Waals surface area contributed by atoms with Crippen molar-refractivity contribution in [2.45, 2.75) is 25.5 Å². The summed E-state index contributed by atoms with van der Waals surface area (Å²) < 4.78 is 21.8. The van der Waals surface area contributed by atoms with Crippen LogP contribution in [0, 0.1) is 0 Å². The number of para-hydroxylation sites is 1. The van der Waals surface area contributed by atoms with Gasteiger partial charge < -0.3 is 29.4 Å². The Hall–Kier alpha value is -2.28. The van der Waals surface area contributed by atoms with Gasteiger partial charge in [0.25, 0.3) is 0 Å². The Morgan fingerprint density at radius 2 is 1.43 bits per heavy atom. The molecule has 2 atom stereocenters. The molecule has 0 aliphatic carbocycles. The smallest absolute Gasteiger partial charge is 0.119 e. The second kappa shape index (κ2) is 13.0. The normalized spacial score (nSPS) is 13.0. The number of aliphatic hydroxyl groups is 1. The van der Waals surface area contributed by atoms with Gasteiger partial charge in [-0.1, -0.05) is 18.2 Å². The van der Waals surface area contributed by atoms with E-state index in [4.69, 9.17) is 18.9 Å². The van der Waals surface area contributed by atoms with E-state index in [9.17, 15) is 5.11 Å². The van der Waals surface area contributed by atoms with Crippen LogP contribution < -0.4 is 19.5 Å². The minimum absolute atomic E-state index is 0.226. The maximum Gasteiger partial charge on any atom is 0.119 e. The van der Waals surface area contributed by atoms with Crippen molar-refractivity contribution in [2.75, 3.05) is 40.1 Å². The molecule has 0 spiro atoms. The van der Waals surface area contributed by atoms with Gasteiger partial charge in [-0.3, -0.25) is 0 Å². The molecular formula is C22H31NO5. The first-order valence-electron chi connectivity index (χ1n) is 9.61. The Balaban J connectivity index is 1.57. The van der Waals surface area contributed by atoms with Crippen LogP contribution in [0.5, 0.6) is 17.2 Å². The average Bonchev–Trinajstić information content (AvgIpc) is 2.72. The fraction of sp³-hybridized carbons (Fsp3) is 0.455. The Bertz CT molecular complexity index is 635. The highest BCUT2D eigenvalue weighted by Crippen LogP contribution is 2.17. The Morgan fingerprint density at radius 1 is 0.821 bits per heavy atom. The van der Waals surface area contributed by atoms with E-state index < -0.39 is 6.10 Å². The van der Waals surface area contributed by atoms with Crippen molar-refractivity contribution in [1.29, 1.82) is 0 Å². The number of aliphatic hydroxyl groups excluding tert-OH is 1. The minimum Gasteiger partial charge on any atom is -0.494 e. The Kier molecular flexibility index (Phi) is 10.2. The molecule has 0 fully saturated rings. The van der Waals surface area contributed by atoms with Crippen molar-refractivity contribution >= 4 is 0 Å². The number of methoxy groups -OCH3 is 1. The summed E-state index contributed by atoms with van der Waals surface area (Å²) in [6.45, 7) is 4.45. The number of benzene rings is 2. The SMILES string of the molecule is COCCOc1ccc(OCC(O)CNC(C)CCOc2ccccc2)cc1. The first-order chi connectivity index (χ1) is 13.7. The molecule has 2 aromatic rings. The standard InChI is InChI=1S/C22H31NO5/c1-18(12-13-26-20-6-4-3-5-7-20)23-16-19(24)17-28-22-10-8-21(9-11-22)27-15-14-25-2/h3-11,18-19,23-24H,12-17H2,1-2H3. The van der Waals surface area contributed by atoms with Gasteiger partial charge in [-0.2, -0.15) is 0 Å². The predicted octanol–water partition coefficient (Wildman–Crippen LogP) is 2.90. The van der Waals surface area contributed by atoms with Crippen molar-refractivity contribution in [3.05, 3.63) is 54.6 Å². The summed E-state index contributed by atoms with van der Waals surface area (Å²) in [6, 6.07) is 17.3. The molecule has 0 radical (unpaired) electrons. The van der Waals surface area contributed by atoms with Crippen LogP contribution >= 0.6 is 0 Å². The number of ether oxygens (including phenoxy) is 4. The lowest BCUT2D eigenvalue weighted by atomic mass is 10.2. The van der Waals surface area contributed by atoms with Crippen LogP contribution in [0.2, 0.25) is 0 Å². The maximum atomic E-state index is 10.1. The largest absolute Gasteiger partial charge is 0.494 e. The third kappa shape index (κ3) is 9.08. The van der Waals surface area contributed by atoms with Gasteiger partial charge in [0.1, 0.15) is 36.6 Å². The molecule has 0 aliphatic heterocycles. The zero-order chi connectivity index (χ0) is 20.0. The highest BCUT2D eigenvalue weighted by Gasteiger charge is 2.09. The molecule has 0 amide bonds. The molecule has 0 aromatic heterocycles. The zero-order valence-electron chi connectivity index (χ0n) is 16.7. The van der Waals surface area contributed by atoms with Crippen molar-refractivity contribution < 1.29 is 24.1 Å². The van der Waals surface area contributed by atoms with Gasteiger partial charge in [-0.15, -0.1) is 0 Å². The first-order valence-corrected chi connectivity index (χ1v) is 9.61. The zero-order valence-corrected chi connectivity index (χ0v) is 16.7. The number of hydrogen-bond donors (Lipinski definition) is 2. The van der Waals surface area contributed by atoms with Crippen molar-refractivity contribution in [3.8, 4) is 17.2 Å². The van der Waals surface area contributed by atoms with E-state index in [0.29, 0.717) is 32.1 Å². The fourth-order valence-corrected chi connectivity index (χ4v) is 2.44. The molecule has 2 unspecified atom stereocenters. The van der Waals surface area contributed by atoms with Crippen LogP contribution in [0.1, 0.15) is 13.3 Å². The summed E-state index contributed by atoms with van der Waals surface area (Å²) in [5.74, 6) is 2.33. The highest BCUT2D eigenvalue weighted by atomic mass is 16.5. The third-order valence-electron chi connectivity index (χ3n) is 4.09. The summed E-state index contributed by atoms with van der Waals surface area (Å²) in [7, 11) is 1.64. The molecule has 2 rings (SSSR count). The van der Waals surface area contributed by atoms with Crippen molar-refractivity contribution in [1.82, 2.24) is 5.32 Å². The lowest BCUT2D eigenvalue weighted by Gasteiger charge is -2.18. The number of hydrogen-bond acceptors (Lipinski definition) is 6. The van der Waals surface area contributed by atoms with Crippen molar-refractivity contribution in [3.63, 3.8) is 0 Å². The quantitative estimate of drug-likeness (QED) is 0.484. The van der Waals surface area contributed by atoms with E-state index in [1.165, 1.54) is 0 Å². The van der Waals surface area contributed by atoms with E-state index in [-0.39, 0.29) is 12.6 Å². The van der Waals surface area contributed by atoms with Gasteiger partial charge >= 0.3 is 0 Å². The number of nitrogens with one attached hydrogen (secondary N) is 1. The molecule has 0 saturated heterocycles. The van der Waals surface area contributed by atoms with Crippen LogP contribution in [0.25, 0.3) is 0 Å². The molecule has 28 heavy (non-hydrogen) atoms. The molecule has 6 heteroatoms. The molecule has 2 aromatic carbocycles. The Labute approximate surface area is 167 Å². The maximum absolute atomic E-state index is 10.1. The molecule has 154 valence electrons. The third-order valence-corrected chi connectivity index (χ3v) is 4.09. The molecule has 0 saturated carbocycles. The van der Waals surface area contributed by atoms with E-state index in [2.05, 4.69) is 12.2 Å². The molecule has 0 heterocycles. The summed E-state index contributed by atoms with van der Waals surface area (Å²) in [5.41, 5.74) is 0. The van der Waals surface area contributed by atoms with Crippen LogP contribution in [-0.2, 0) is 4.74 Å². The summed E-state index contributed by atoms with van der Waals surface area (Å²) in [4.78, 5) is 0. The van der Waals surface area contributed by atoms with E-state index >= 15 is 0 Å².